The van der Waals surface area contributed by atoms with E-state index in [4.69, 9.17) is 5.73 Å². The van der Waals surface area contributed by atoms with E-state index >= 15 is 0 Å². The van der Waals surface area contributed by atoms with Crippen molar-refractivity contribution in [2.45, 2.75) is 13.0 Å². The van der Waals surface area contributed by atoms with Crippen molar-refractivity contribution in [1.29, 1.82) is 0 Å². The Bertz CT molecular complexity index is 750. The van der Waals surface area contributed by atoms with E-state index in [1.54, 1.807) is 25.3 Å². The average molecular weight is 281 g/mol. The predicted molar refractivity (Wildman–Crippen MR) is 81.2 cm³/mol. The number of nitrogens with zero attached hydrogens (tertiary/aromatic N) is 1. The third-order valence-corrected chi connectivity index (χ3v) is 3.52. The number of rotatable bonds is 3. The highest BCUT2D eigenvalue weighted by molar-refractivity contribution is 5.59. The molecule has 0 radical (unpaired) electrons. The van der Waals surface area contributed by atoms with Crippen molar-refractivity contribution in [2.75, 3.05) is 0 Å². The fourth-order valence-electron chi connectivity index (χ4n) is 2.27. The molecular formula is C17H16FN3. The van der Waals surface area contributed by atoms with Crippen molar-refractivity contribution in [3.63, 3.8) is 0 Å². The number of nitrogens with one attached hydrogen (secondary N) is 1. The standard InChI is InChI=1S/C17H16FN3/c1-11-9-13(7-8-14(11)18)15-10-20-17(21-15)16(19)12-5-3-2-4-6-12/h2-10,16H,19H2,1H3,(H,20,21)/t16-/m1/s1. The van der Waals surface area contributed by atoms with Gasteiger partial charge >= 0.3 is 0 Å². The molecule has 0 aliphatic carbocycles. The lowest BCUT2D eigenvalue weighted by atomic mass is 10.1. The third-order valence-electron chi connectivity index (χ3n) is 3.52. The number of nitrogens with two attached hydrogens (primary N) is 1. The maximum atomic E-state index is 13.3. The number of hydrogen-bond acceptors (Lipinski definition) is 2. The normalized spacial score (nSPS) is 12.3. The number of H-pyrrole nitrogens is 1. The molecule has 0 unspecified atom stereocenters. The summed E-state index contributed by atoms with van der Waals surface area (Å²) in [6.07, 6.45) is 1.73. The fraction of sp³-hybridized carbons (Fsp3) is 0.118. The lowest BCUT2D eigenvalue weighted by Gasteiger charge is -2.08. The highest BCUT2D eigenvalue weighted by Gasteiger charge is 2.13. The Balaban J connectivity index is 1.91. The molecule has 1 atom stereocenters. The zero-order valence-corrected chi connectivity index (χ0v) is 11.7. The van der Waals surface area contributed by atoms with Gasteiger partial charge in [0.1, 0.15) is 11.6 Å². The van der Waals surface area contributed by atoms with Gasteiger partial charge in [0.05, 0.1) is 17.9 Å². The van der Waals surface area contributed by atoms with Gasteiger partial charge in [0.15, 0.2) is 0 Å². The quantitative estimate of drug-likeness (QED) is 0.771. The summed E-state index contributed by atoms with van der Waals surface area (Å²) < 4.78 is 13.3. The van der Waals surface area contributed by atoms with Crippen molar-refractivity contribution in [1.82, 2.24) is 9.97 Å². The summed E-state index contributed by atoms with van der Waals surface area (Å²) in [6, 6.07) is 14.5. The smallest absolute Gasteiger partial charge is 0.128 e. The second kappa shape index (κ2) is 5.50. The number of aromatic nitrogens is 2. The van der Waals surface area contributed by atoms with E-state index in [0.29, 0.717) is 11.4 Å². The van der Waals surface area contributed by atoms with Crippen LogP contribution in [0.3, 0.4) is 0 Å². The number of hydrogen-bond donors (Lipinski definition) is 2. The van der Waals surface area contributed by atoms with Gasteiger partial charge in [0, 0.05) is 5.56 Å². The first kappa shape index (κ1) is 13.5. The molecular weight excluding hydrogens is 265 g/mol. The van der Waals surface area contributed by atoms with Gasteiger partial charge in [0.2, 0.25) is 0 Å². The largest absolute Gasteiger partial charge is 0.340 e. The molecule has 1 heterocycles. The molecule has 4 heteroatoms. The van der Waals surface area contributed by atoms with Gasteiger partial charge in [-0.15, -0.1) is 0 Å². The molecule has 3 rings (SSSR count). The van der Waals surface area contributed by atoms with Crippen LogP contribution < -0.4 is 5.73 Å². The molecule has 0 bridgehead atoms. The van der Waals surface area contributed by atoms with Crippen molar-refractivity contribution >= 4 is 0 Å². The minimum absolute atomic E-state index is 0.209. The number of halogens is 1. The van der Waals surface area contributed by atoms with E-state index in [1.165, 1.54) is 6.07 Å². The Morgan fingerprint density at radius 3 is 2.62 bits per heavy atom. The van der Waals surface area contributed by atoms with E-state index in [2.05, 4.69) is 9.97 Å². The number of imidazole rings is 1. The monoisotopic (exact) mass is 281 g/mol. The summed E-state index contributed by atoms with van der Waals surface area (Å²) in [5.74, 6) is 0.484. The fourth-order valence-corrected chi connectivity index (χ4v) is 2.27. The first-order valence-corrected chi connectivity index (χ1v) is 6.77. The first-order valence-electron chi connectivity index (χ1n) is 6.77. The van der Waals surface area contributed by atoms with Gasteiger partial charge in [0.25, 0.3) is 0 Å². The first-order chi connectivity index (χ1) is 10.1. The third kappa shape index (κ3) is 2.71. The lowest BCUT2D eigenvalue weighted by Crippen LogP contribution is -2.13. The van der Waals surface area contributed by atoms with Crippen LogP contribution in [0.4, 0.5) is 4.39 Å². The van der Waals surface area contributed by atoms with E-state index < -0.39 is 0 Å². The summed E-state index contributed by atoms with van der Waals surface area (Å²) in [6.45, 7) is 1.74. The number of benzene rings is 2. The van der Waals surface area contributed by atoms with Crippen LogP contribution in [0, 0.1) is 12.7 Å². The molecule has 0 amide bonds. The van der Waals surface area contributed by atoms with Crippen LogP contribution in [0.25, 0.3) is 11.3 Å². The summed E-state index contributed by atoms with van der Waals surface area (Å²) >= 11 is 0. The molecule has 3 N–H and O–H groups in total. The Hall–Kier alpha value is -2.46. The molecule has 0 saturated heterocycles. The van der Waals surface area contributed by atoms with Crippen LogP contribution >= 0.6 is 0 Å². The molecule has 1 aromatic heterocycles. The molecule has 21 heavy (non-hydrogen) atoms. The average Bonchev–Trinajstić information content (AvgIpc) is 3.00. The van der Waals surface area contributed by atoms with Gasteiger partial charge in [-0.1, -0.05) is 30.3 Å². The zero-order chi connectivity index (χ0) is 14.8. The highest BCUT2D eigenvalue weighted by Crippen LogP contribution is 2.23. The van der Waals surface area contributed by atoms with E-state index in [0.717, 1.165) is 16.8 Å². The maximum Gasteiger partial charge on any atom is 0.128 e. The van der Waals surface area contributed by atoms with Gasteiger partial charge in [-0.25, -0.2) is 9.37 Å². The van der Waals surface area contributed by atoms with Gasteiger partial charge in [-0.05, 0) is 36.2 Å². The Morgan fingerprint density at radius 2 is 1.90 bits per heavy atom. The van der Waals surface area contributed by atoms with E-state index in [9.17, 15) is 4.39 Å². The van der Waals surface area contributed by atoms with Crippen LogP contribution in [0.2, 0.25) is 0 Å². The maximum absolute atomic E-state index is 13.3. The van der Waals surface area contributed by atoms with Crippen molar-refractivity contribution in [2.24, 2.45) is 5.73 Å². The van der Waals surface area contributed by atoms with Crippen molar-refractivity contribution in [3.05, 3.63) is 77.5 Å². The molecule has 0 aliphatic heterocycles. The van der Waals surface area contributed by atoms with Crippen LogP contribution in [-0.2, 0) is 0 Å². The Labute approximate surface area is 122 Å². The molecule has 0 saturated carbocycles. The summed E-state index contributed by atoms with van der Waals surface area (Å²) in [5.41, 5.74) is 9.54. The minimum Gasteiger partial charge on any atom is -0.340 e. The number of aromatic amines is 1. The Morgan fingerprint density at radius 1 is 1.14 bits per heavy atom. The van der Waals surface area contributed by atoms with Crippen molar-refractivity contribution in [3.8, 4) is 11.3 Å². The molecule has 2 aromatic carbocycles. The molecule has 0 fully saturated rings. The van der Waals surface area contributed by atoms with Gasteiger partial charge < -0.3 is 10.7 Å². The zero-order valence-electron chi connectivity index (χ0n) is 11.7. The van der Waals surface area contributed by atoms with Crippen LogP contribution in [-0.4, -0.2) is 9.97 Å². The van der Waals surface area contributed by atoms with Gasteiger partial charge in [-0.3, -0.25) is 0 Å². The predicted octanol–water partition coefficient (Wildman–Crippen LogP) is 3.57. The molecule has 0 aliphatic rings. The van der Waals surface area contributed by atoms with Crippen LogP contribution in [0.1, 0.15) is 23.0 Å². The molecule has 3 nitrogen and oxygen atoms in total. The summed E-state index contributed by atoms with van der Waals surface area (Å²) in [5, 5.41) is 0. The summed E-state index contributed by atoms with van der Waals surface area (Å²) in [7, 11) is 0. The second-order valence-electron chi connectivity index (χ2n) is 5.03. The van der Waals surface area contributed by atoms with Crippen LogP contribution in [0.5, 0.6) is 0 Å². The summed E-state index contributed by atoms with van der Waals surface area (Å²) in [4.78, 5) is 7.56. The minimum atomic E-state index is -0.304. The van der Waals surface area contributed by atoms with Crippen LogP contribution in [0.15, 0.2) is 54.7 Å². The van der Waals surface area contributed by atoms with Gasteiger partial charge in [-0.2, -0.15) is 0 Å². The highest BCUT2D eigenvalue weighted by atomic mass is 19.1. The molecule has 0 spiro atoms. The van der Waals surface area contributed by atoms with E-state index in [1.807, 2.05) is 30.3 Å². The SMILES string of the molecule is Cc1cc(-c2cnc([C@H](N)c3ccccc3)[nH]2)ccc1F. The molecule has 3 aromatic rings. The second-order valence-corrected chi connectivity index (χ2v) is 5.03. The lowest BCUT2D eigenvalue weighted by molar-refractivity contribution is 0.619. The van der Waals surface area contributed by atoms with E-state index in [-0.39, 0.29) is 11.9 Å². The molecule has 106 valence electrons. The topological polar surface area (TPSA) is 54.7 Å². The Kier molecular flexibility index (Phi) is 3.54. The van der Waals surface area contributed by atoms with Crippen molar-refractivity contribution < 1.29 is 4.39 Å². The number of aryl methyl sites for hydroxylation is 1.